The molecule has 0 aliphatic heterocycles. The van der Waals surface area contributed by atoms with Crippen LogP contribution in [0.1, 0.15) is 122 Å². The summed E-state index contributed by atoms with van der Waals surface area (Å²) in [5.41, 5.74) is -1.65. The Balaban J connectivity index is 0. The van der Waals surface area contributed by atoms with Crippen LogP contribution in [0, 0.1) is 10.8 Å². The predicted octanol–water partition coefficient (Wildman–Crippen LogP) is 6.28. The summed E-state index contributed by atoms with van der Waals surface area (Å²) >= 11 is 0. The monoisotopic (exact) mass is 530 g/mol. The standard InChI is InChI=1S/C29H58N2O5.CH4/c1-11-13-18-30-24(32)26(3,4)15-22-35-28(7,8)14-19-31-25(33)27(5,6)16-23-36-29(9,10)17-21-34-20-12-2;/h11-23H2,1-10H3,(H,30,32)(H,31,33);1H4. The third kappa shape index (κ3) is 17.9. The number of hydrogen-bond donors (Lipinski definition) is 2. The lowest BCUT2D eigenvalue weighted by Crippen LogP contribution is -2.41. The van der Waals surface area contributed by atoms with Crippen LogP contribution in [0.3, 0.4) is 0 Å². The molecule has 0 saturated carbocycles. The Morgan fingerprint density at radius 2 is 1.05 bits per heavy atom. The van der Waals surface area contributed by atoms with E-state index < -0.39 is 10.8 Å². The van der Waals surface area contributed by atoms with Crippen molar-refractivity contribution in [2.75, 3.05) is 39.5 Å². The Bertz CT molecular complexity index is 629. The van der Waals surface area contributed by atoms with E-state index in [1.54, 1.807) is 0 Å². The van der Waals surface area contributed by atoms with Gasteiger partial charge in [-0.15, -0.1) is 0 Å². The highest BCUT2D eigenvalue weighted by Gasteiger charge is 2.30. The minimum Gasteiger partial charge on any atom is -0.381 e. The smallest absolute Gasteiger partial charge is 0.225 e. The van der Waals surface area contributed by atoms with Crippen LogP contribution in [0.2, 0.25) is 0 Å². The molecule has 0 aromatic heterocycles. The predicted molar refractivity (Wildman–Crippen MR) is 155 cm³/mol. The van der Waals surface area contributed by atoms with E-state index in [0.717, 1.165) is 38.8 Å². The molecule has 222 valence electrons. The van der Waals surface area contributed by atoms with Crippen molar-refractivity contribution >= 4 is 11.8 Å². The summed E-state index contributed by atoms with van der Waals surface area (Å²) in [6.07, 6.45) is 5.89. The Labute approximate surface area is 229 Å². The van der Waals surface area contributed by atoms with Gasteiger partial charge >= 0.3 is 0 Å². The molecule has 0 aromatic rings. The van der Waals surface area contributed by atoms with Gasteiger partial charge in [0.1, 0.15) is 0 Å². The Kier molecular flexibility index (Phi) is 18.6. The molecule has 0 aliphatic carbocycles. The fourth-order valence-corrected chi connectivity index (χ4v) is 3.44. The van der Waals surface area contributed by atoms with Crippen LogP contribution < -0.4 is 10.6 Å². The summed E-state index contributed by atoms with van der Waals surface area (Å²) in [6, 6.07) is 0. The number of carbonyl (C=O) groups is 2. The first-order chi connectivity index (χ1) is 16.6. The van der Waals surface area contributed by atoms with E-state index in [9.17, 15) is 9.59 Å². The molecule has 0 fully saturated rings. The molecule has 0 aliphatic rings. The van der Waals surface area contributed by atoms with E-state index in [0.29, 0.717) is 45.6 Å². The van der Waals surface area contributed by atoms with Crippen molar-refractivity contribution in [3.05, 3.63) is 0 Å². The highest BCUT2D eigenvalue weighted by molar-refractivity contribution is 5.82. The first-order valence-electron chi connectivity index (χ1n) is 14.0. The summed E-state index contributed by atoms with van der Waals surface area (Å²) < 4.78 is 17.7. The van der Waals surface area contributed by atoms with E-state index >= 15 is 0 Å². The molecule has 2 amide bonds. The molecule has 2 N–H and O–H groups in total. The van der Waals surface area contributed by atoms with Crippen molar-refractivity contribution in [2.45, 2.75) is 133 Å². The van der Waals surface area contributed by atoms with E-state index in [-0.39, 0.29) is 30.4 Å². The zero-order chi connectivity index (χ0) is 27.9. The molecule has 0 aromatic carbocycles. The maximum atomic E-state index is 12.8. The van der Waals surface area contributed by atoms with Crippen LogP contribution >= 0.6 is 0 Å². The van der Waals surface area contributed by atoms with Crippen molar-refractivity contribution in [1.29, 1.82) is 0 Å². The molecular formula is C30H62N2O5. The molecule has 0 radical (unpaired) electrons. The second-order valence-electron chi connectivity index (χ2n) is 12.5. The van der Waals surface area contributed by atoms with Gasteiger partial charge in [0.05, 0.1) is 11.2 Å². The maximum absolute atomic E-state index is 12.8. The van der Waals surface area contributed by atoms with Crippen molar-refractivity contribution in [3.8, 4) is 0 Å². The first-order valence-corrected chi connectivity index (χ1v) is 14.0. The largest absolute Gasteiger partial charge is 0.381 e. The number of ether oxygens (including phenoxy) is 3. The second kappa shape index (κ2) is 18.2. The molecule has 0 saturated heterocycles. The molecule has 0 atom stereocenters. The van der Waals surface area contributed by atoms with Crippen LogP contribution in [0.4, 0.5) is 0 Å². The molecule has 0 heterocycles. The van der Waals surface area contributed by atoms with E-state index in [2.05, 4.69) is 38.3 Å². The number of carbonyl (C=O) groups excluding carboxylic acids is 2. The van der Waals surface area contributed by atoms with Crippen LogP contribution in [-0.4, -0.2) is 62.5 Å². The first kappa shape index (κ1) is 38.0. The lowest BCUT2D eigenvalue weighted by molar-refractivity contribution is -0.133. The SMILES string of the molecule is C.CCCCNC(=O)C(C)(C)CCOC(C)(C)CCNC(=O)C(C)(C)CCOC(C)(C)CCOCCC. The third-order valence-electron chi connectivity index (χ3n) is 6.69. The number of unbranched alkanes of at least 4 members (excludes halogenated alkanes) is 1. The van der Waals surface area contributed by atoms with Gasteiger partial charge in [0.25, 0.3) is 0 Å². The lowest BCUT2D eigenvalue weighted by Gasteiger charge is -2.30. The second-order valence-corrected chi connectivity index (χ2v) is 12.5. The van der Waals surface area contributed by atoms with E-state index in [1.165, 1.54) is 0 Å². The van der Waals surface area contributed by atoms with Gasteiger partial charge in [-0.05, 0) is 66.2 Å². The van der Waals surface area contributed by atoms with Gasteiger partial charge in [0.2, 0.25) is 11.8 Å². The maximum Gasteiger partial charge on any atom is 0.225 e. The average molecular weight is 531 g/mol. The Morgan fingerprint density at radius 3 is 1.51 bits per heavy atom. The topological polar surface area (TPSA) is 85.9 Å². The van der Waals surface area contributed by atoms with Gasteiger partial charge in [0, 0.05) is 50.3 Å². The highest BCUT2D eigenvalue weighted by Crippen LogP contribution is 2.25. The summed E-state index contributed by atoms with van der Waals surface area (Å²) in [6.45, 7) is 24.0. The summed E-state index contributed by atoms with van der Waals surface area (Å²) in [4.78, 5) is 25.2. The molecule has 7 heteroatoms. The van der Waals surface area contributed by atoms with Crippen LogP contribution in [0.25, 0.3) is 0 Å². The number of amides is 2. The van der Waals surface area contributed by atoms with Crippen LogP contribution in [0.15, 0.2) is 0 Å². The normalized spacial score (nSPS) is 12.7. The van der Waals surface area contributed by atoms with Crippen LogP contribution in [0.5, 0.6) is 0 Å². The summed E-state index contributed by atoms with van der Waals surface area (Å²) in [5.74, 6) is 0.0971. The van der Waals surface area contributed by atoms with Gasteiger partial charge in [-0.1, -0.05) is 55.4 Å². The lowest BCUT2D eigenvalue weighted by atomic mass is 9.88. The molecule has 0 rings (SSSR count). The minimum absolute atomic E-state index is 0. The molecule has 0 bridgehead atoms. The van der Waals surface area contributed by atoms with Crippen molar-refractivity contribution in [2.24, 2.45) is 10.8 Å². The van der Waals surface area contributed by atoms with Crippen molar-refractivity contribution < 1.29 is 23.8 Å². The minimum atomic E-state index is -0.519. The van der Waals surface area contributed by atoms with Gasteiger partial charge < -0.3 is 24.8 Å². The summed E-state index contributed by atoms with van der Waals surface area (Å²) in [5, 5.41) is 6.08. The number of hydrogen-bond acceptors (Lipinski definition) is 5. The van der Waals surface area contributed by atoms with Gasteiger partial charge in [0.15, 0.2) is 0 Å². The van der Waals surface area contributed by atoms with Crippen LogP contribution in [-0.2, 0) is 23.8 Å². The van der Waals surface area contributed by atoms with Gasteiger partial charge in [-0.25, -0.2) is 0 Å². The van der Waals surface area contributed by atoms with Gasteiger partial charge in [-0.2, -0.15) is 0 Å². The molecule has 7 nitrogen and oxygen atoms in total. The summed E-state index contributed by atoms with van der Waals surface area (Å²) in [7, 11) is 0. The molecule has 0 spiro atoms. The quantitative estimate of drug-likeness (QED) is 0.170. The average Bonchev–Trinajstić information content (AvgIpc) is 2.76. The van der Waals surface area contributed by atoms with E-state index in [1.807, 2.05) is 41.5 Å². The zero-order valence-corrected chi connectivity index (χ0v) is 25.2. The molecular weight excluding hydrogens is 468 g/mol. The van der Waals surface area contributed by atoms with Crippen molar-refractivity contribution in [1.82, 2.24) is 10.6 Å². The van der Waals surface area contributed by atoms with Gasteiger partial charge in [-0.3, -0.25) is 9.59 Å². The fraction of sp³-hybridized carbons (Fsp3) is 0.933. The molecule has 0 unspecified atom stereocenters. The fourth-order valence-electron chi connectivity index (χ4n) is 3.44. The third-order valence-corrected chi connectivity index (χ3v) is 6.69. The Hall–Kier alpha value is -1.18. The Morgan fingerprint density at radius 1 is 0.595 bits per heavy atom. The zero-order valence-electron chi connectivity index (χ0n) is 25.2. The molecule has 37 heavy (non-hydrogen) atoms. The van der Waals surface area contributed by atoms with Crippen molar-refractivity contribution in [3.63, 3.8) is 0 Å². The highest BCUT2D eigenvalue weighted by atomic mass is 16.5. The van der Waals surface area contributed by atoms with E-state index in [4.69, 9.17) is 14.2 Å². The number of rotatable bonds is 21. The number of nitrogens with one attached hydrogen (secondary N) is 2.